The van der Waals surface area contributed by atoms with E-state index in [4.69, 9.17) is 9.84 Å². The Hall–Kier alpha value is -0.990. The van der Waals surface area contributed by atoms with Crippen molar-refractivity contribution in [3.8, 4) is 0 Å². The van der Waals surface area contributed by atoms with Crippen LogP contribution < -0.4 is 0 Å². The second-order valence-corrected chi connectivity index (χ2v) is 2.93. The summed E-state index contributed by atoms with van der Waals surface area (Å²) < 4.78 is 4.85. The van der Waals surface area contributed by atoms with Gasteiger partial charge in [-0.2, -0.15) is 0 Å². The molecular weight excluding hydrogens is 156 g/mol. The minimum Gasteiger partial charge on any atom is -0.513 e. The van der Waals surface area contributed by atoms with E-state index in [0.29, 0.717) is 18.8 Å². The molecule has 0 aromatic carbocycles. The summed E-state index contributed by atoms with van der Waals surface area (Å²) in [6, 6.07) is 0. The van der Waals surface area contributed by atoms with Gasteiger partial charge in [0.05, 0.1) is 18.3 Å². The summed E-state index contributed by atoms with van der Waals surface area (Å²) in [7, 11) is 0. The van der Waals surface area contributed by atoms with Gasteiger partial charge in [0.15, 0.2) is 0 Å². The molecule has 0 bridgehead atoms. The van der Waals surface area contributed by atoms with Gasteiger partial charge in [-0.1, -0.05) is 0 Å². The predicted molar refractivity (Wildman–Crippen MR) is 44.7 cm³/mol. The highest BCUT2D eigenvalue weighted by atomic mass is 16.5. The van der Waals surface area contributed by atoms with Crippen molar-refractivity contribution in [3.63, 3.8) is 0 Å². The molecule has 0 heterocycles. The second kappa shape index (κ2) is 4.14. The van der Waals surface area contributed by atoms with Crippen LogP contribution in [0.2, 0.25) is 0 Å². The van der Waals surface area contributed by atoms with Gasteiger partial charge in [-0.25, -0.2) is 0 Å². The number of ether oxygens (including phenoxy) is 1. The third kappa shape index (κ3) is 2.26. The highest BCUT2D eigenvalue weighted by Gasteiger charge is 2.23. The van der Waals surface area contributed by atoms with Crippen LogP contribution in [0.5, 0.6) is 0 Å². The van der Waals surface area contributed by atoms with Gasteiger partial charge in [-0.15, -0.1) is 0 Å². The van der Waals surface area contributed by atoms with E-state index in [9.17, 15) is 4.79 Å². The number of esters is 1. The molecule has 3 nitrogen and oxygen atoms in total. The lowest BCUT2D eigenvalue weighted by molar-refractivity contribution is -0.148. The highest BCUT2D eigenvalue weighted by molar-refractivity contribution is 5.72. The first-order valence-electron chi connectivity index (χ1n) is 4.28. The second-order valence-electron chi connectivity index (χ2n) is 2.93. The third-order valence-corrected chi connectivity index (χ3v) is 1.97. The van der Waals surface area contributed by atoms with Crippen LogP contribution in [0.3, 0.4) is 0 Å². The minimum absolute atomic E-state index is 0.130. The number of aliphatic hydroxyl groups excluding tert-OH is 1. The van der Waals surface area contributed by atoms with Crippen molar-refractivity contribution in [2.75, 3.05) is 6.61 Å². The zero-order valence-electron chi connectivity index (χ0n) is 7.25. The molecule has 1 atom stereocenters. The van der Waals surface area contributed by atoms with Crippen LogP contribution in [0.4, 0.5) is 0 Å². The van der Waals surface area contributed by atoms with Gasteiger partial charge in [0.2, 0.25) is 0 Å². The standard InChI is InChI=1S/C9H14O3/c1-2-12-9(11)7-4-3-5-8(10)6-7/h5,7,10H,2-4,6H2,1H3. The number of carbonyl (C=O) groups excluding carboxylic acids is 1. The van der Waals surface area contributed by atoms with Crippen LogP contribution in [-0.2, 0) is 9.53 Å². The van der Waals surface area contributed by atoms with Gasteiger partial charge in [0.25, 0.3) is 0 Å². The molecule has 0 aromatic heterocycles. The molecule has 1 N–H and O–H groups in total. The number of aliphatic hydroxyl groups is 1. The van der Waals surface area contributed by atoms with Gasteiger partial charge in [-0.3, -0.25) is 4.79 Å². The van der Waals surface area contributed by atoms with Gasteiger partial charge in [0, 0.05) is 6.42 Å². The molecular formula is C9H14O3. The van der Waals surface area contributed by atoms with Crippen molar-refractivity contribution < 1.29 is 14.6 Å². The highest BCUT2D eigenvalue weighted by Crippen LogP contribution is 2.23. The summed E-state index contributed by atoms with van der Waals surface area (Å²) in [5, 5.41) is 9.15. The summed E-state index contributed by atoms with van der Waals surface area (Å²) in [5.74, 6) is 0.00593. The van der Waals surface area contributed by atoms with Gasteiger partial charge in [-0.05, 0) is 25.8 Å². The zero-order valence-corrected chi connectivity index (χ0v) is 7.25. The molecule has 0 radical (unpaired) electrons. The lowest BCUT2D eigenvalue weighted by Crippen LogP contribution is -2.20. The van der Waals surface area contributed by atoms with Crippen molar-refractivity contribution >= 4 is 5.97 Å². The van der Waals surface area contributed by atoms with Crippen molar-refractivity contribution in [2.24, 2.45) is 5.92 Å². The number of carbonyl (C=O) groups is 1. The SMILES string of the molecule is CCOC(=O)C1CCC=C(O)C1. The molecule has 1 rings (SSSR count). The van der Waals surface area contributed by atoms with Crippen LogP contribution in [0, 0.1) is 5.92 Å². The van der Waals surface area contributed by atoms with E-state index in [2.05, 4.69) is 0 Å². The summed E-state index contributed by atoms with van der Waals surface area (Å²) >= 11 is 0. The van der Waals surface area contributed by atoms with Crippen LogP contribution in [-0.4, -0.2) is 17.7 Å². The van der Waals surface area contributed by atoms with E-state index in [0.717, 1.165) is 12.8 Å². The Bertz CT molecular complexity index is 196. The van der Waals surface area contributed by atoms with Crippen LogP contribution in [0.25, 0.3) is 0 Å². The van der Waals surface area contributed by atoms with Crippen LogP contribution in [0.1, 0.15) is 26.2 Å². The molecule has 12 heavy (non-hydrogen) atoms. The van der Waals surface area contributed by atoms with E-state index in [1.54, 1.807) is 13.0 Å². The molecule has 0 fully saturated rings. The number of hydrogen-bond acceptors (Lipinski definition) is 3. The van der Waals surface area contributed by atoms with E-state index in [1.165, 1.54) is 0 Å². The smallest absolute Gasteiger partial charge is 0.309 e. The first kappa shape index (κ1) is 9.10. The third-order valence-electron chi connectivity index (χ3n) is 1.97. The average Bonchev–Trinajstić information content (AvgIpc) is 2.05. The Kier molecular flexibility index (Phi) is 3.14. The van der Waals surface area contributed by atoms with E-state index < -0.39 is 0 Å². The maximum absolute atomic E-state index is 11.2. The Morgan fingerprint density at radius 1 is 1.83 bits per heavy atom. The van der Waals surface area contributed by atoms with Crippen LogP contribution in [0.15, 0.2) is 11.8 Å². The molecule has 0 aromatic rings. The maximum Gasteiger partial charge on any atom is 0.309 e. The molecule has 0 spiro atoms. The summed E-state index contributed by atoms with van der Waals surface area (Å²) in [5.41, 5.74) is 0. The molecule has 1 aliphatic rings. The normalized spacial score (nSPS) is 23.1. The lowest BCUT2D eigenvalue weighted by Gasteiger charge is -2.17. The van der Waals surface area contributed by atoms with Crippen molar-refractivity contribution in [1.82, 2.24) is 0 Å². The molecule has 68 valence electrons. The van der Waals surface area contributed by atoms with E-state index >= 15 is 0 Å². The fraction of sp³-hybridized carbons (Fsp3) is 0.667. The fourth-order valence-corrected chi connectivity index (χ4v) is 1.35. The van der Waals surface area contributed by atoms with Crippen molar-refractivity contribution in [3.05, 3.63) is 11.8 Å². The quantitative estimate of drug-likeness (QED) is 0.643. The molecule has 1 unspecified atom stereocenters. The largest absolute Gasteiger partial charge is 0.513 e. The Morgan fingerprint density at radius 2 is 2.58 bits per heavy atom. The predicted octanol–water partition coefficient (Wildman–Crippen LogP) is 1.79. The molecule has 0 saturated carbocycles. The Morgan fingerprint density at radius 3 is 3.17 bits per heavy atom. The molecule has 0 aliphatic heterocycles. The monoisotopic (exact) mass is 170 g/mol. The Balaban J connectivity index is 2.43. The molecule has 3 heteroatoms. The first-order valence-corrected chi connectivity index (χ1v) is 4.28. The molecule has 0 amide bonds. The van der Waals surface area contributed by atoms with Crippen LogP contribution >= 0.6 is 0 Å². The molecule has 0 saturated heterocycles. The fourth-order valence-electron chi connectivity index (χ4n) is 1.35. The topological polar surface area (TPSA) is 46.5 Å². The number of allylic oxidation sites excluding steroid dienone is 2. The van der Waals surface area contributed by atoms with Crippen molar-refractivity contribution in [2.45, 2.75) is 26.2 Å². The average molecular weight is 170 g/mol. The molecule has 1 aliphatic carbocycles. The maximum atomic E-state index is 11.2. The minimum atomic E-state index is -0.183. The van der Waals surface area contributed by atoms with Gasteiger partial charge >= 0.3 is 5.97 Å². The van der Waals surface area contributed by atoms with Gasteiger partial charge in [0.1, 0.15) is 0 Å². The Labute approximate surface area is 72.0 Å². The van der Waals surface area contributed by atoms with E-state index in [-0.39, 0.29) is 11.9 Å². The first-order chi connectivity index (χ1) is 5.74. The zero-order chi connectivity index (χ0) is 8.97. The summed E-state index contributed by atoms with van der Waals surface area (Å²) in [6.07, 6.45) is 3.77. The van der Waals surface area contributed by atoms with E-state index in [1.807, 2.05) is 0 Å². The summed E-state index contributed by atoms with van der Waals surface area (Å²) in [4.78, 5) is 11.2. The van der Waals surface area contributed by atoms with Crippen molar-refractivity contribution in [1.29, 1.82) is 0 Å². The van der Waals surface area contributed by atoms with Gasteiger partial charge < -0.3 is 9.84 Å². The summed E-state index contributed by atoms with van der Waals surface area (Å²) in [6.45, 7) is 2.20. The number of hydrogen-bond donors (Lipinski definition) is 1. The lowest BCUT2D eigenvalue weighted by atomic mass is 9.93. The number of rotatable bonds is 2.